The largest absolute Gasteiger partial charge is 0.493 e. The summed E-state index contributed by atoms with van der Waals surface area (Å²) in [6.45, 7) is 1.64. The second-order valence-corrected chi connectivity index (χ2v) is 6.93. The van der Waals surface area contributed by atoms with Gasteiger partial charge in [0.25, 0.3) is 5.91 Å². The van der Waals surface area contributed by atoms with Gasteiger partial charge < -0.3 is 19.4 Å². The van der Waals surface area contributed by atoms with Crippen LogP contribution in [0.25, 0.3) is 0 Å². The van der Waals surface area contributed by atoms with Crippen LogP contribution in [0.1, 0.15) is 29.8 Å². The zero-order valence-electron chi connectivity index (χ0n) is 14.3. The number of halogens is 1. The van der Waals surface area contributed by atoms with E-state index in [1.165, 1.54) is 0 Å². The van der Waals surface area contributed by atoms with E-state index in [4.69, 9.17) is 9.15 Å². The molecule has 0 spiro atoms. The van der Waals surface area contributed by atoms with Crippen LogP contribution in [0.2, 0.25) is 0 Å². The van der Waals surface area contributed by atoms with E-state index >= 15 is 0 Å². The van der Waals surface area contributed by atoms with E-state index in [1.54, 1.807) is 12.1 Å². The van der Waals surface area contributed by atoms with Crippen molar-refractivity contribution in [3.05, 3.63) is 52.9 Å². The fraction of sp³-hybridized carbons (Fsp3) is 0.368. The van der Waals surface area contributed by atoms with Crippen LogP contribution in [0.15, 0.2) is 51.6 Å². The summed E-state index contributed by atoms with van der Waals surface area (Å²) < 4.78 is 11.4. The van der Waals surface area contributed by atoms with E-state index in [0.29, 0.717) is 30.8 Å². The monoisotopic (exact) mass is 420 g/mol. The third-order valence-electron chi connectivity index (χ3n) is 4.31. The average Bonchev–Trinajstić information content (AvgIpc) is 3.10. The molecule has 0 radical (unpaired) electrons. The Morgan fingerprint density at radius 1 is 1.15 bits per heavy atom. The lowest BCUT2D eigenvalue weighted by Gasteiger charge is -2.32. The number of ether oxygens (including phenoxy) is 1. The van der Waals surface area contributed by atoms with Crippen molar-refractivity contribution in [2.24, 2.45) is 0 Å². The SMILES string of the molecule is O=C(NC1CCN(C(=O)CCOc2ccccc2)CC1)c1ccc(Br)o1. The minimum Gasteiger partial charge on any atom is -0.493 e. The van der Waals surface area contributed by atoms with Gasteiger partial charge in [-0.15, -0.1) is 0 Å². The highest BCUT2D eigenvalue weighted by Crippen LogP contribution is 2.16. The van der Waals surface area contributed by atoms with Gasteiger partial charge in [-0.3, -0.25) is 9.59 Å². The molecule has 2 amide bonds. The van der Waals surface area contributed by atoms with Crippen LogP contribution >= 0.6 is 15.9 Å². The number of nitrogens with zero attached hydrogens (tertiary/aromatic N) is 1. The van der Waals surface area contributed by atoms with Crippen molar-refractivity contribution in [2.45, 2.75) is 25.3 Å². The van der Waals surface area contributed by atoms with Gasteiger partial charge in [-0.2, -0.15) is 0 Å². The molecular weight excluding hydrogens is 400 g/mol. The van der Waals surface area contributed by atoms with Crippen molar-refractivity contribution in [1.82, 2.24) is 10.2 Å². The summed E-state index contributed by atoms with van der Waals surface area (Å²) in [5.41, 5.74) is 0. The van der Waals surface area contributed by atoms with Crippen molar-refractivity contribution in [1.29, 1.82) is 0 Å². The highest BCUT2D eigenvalue weighted by molar-refractivity contribution is 9.10. The maximum Gasteiger partial charge on any atom is 0.287 e. The smallest absolute Gasteiger partial charge is 0.287 e. The summed E-state index contributed by atoms with van der Waals surface area (Å²) >= 11 is 3.18. The minimum atomic E-state index is -0.225. The second-order valence-electron chi connectivity index (χ2n) is 6.14. The molecule has 0 aliphatic carbocycles. The summed E-state index contributed by atoms with van der Waals surface area (Å²) in [6, 6.07) is 12.8. The number of carbonyl (C=O) groups excluding carboxylic acids is 2. The van der Waals surface area contributed by atoms with Crippen molar-refractivity contribution < 1.29 is 18.7 Å². The van der Waals surface area contributed by atoms with Gasteiger partial charge in [0.15, 0.2) is 10.4 Å². The maximum absolute atomic E-state index is 12.3. The number of carbonyl (C=O) groups is 2. The molecule has 1 fully saturated rings. The van der Waals surface area contributed by atoms with Crippen molar-refractivity contribution in [3.8, 4) is 5.75 Å². The zero-order chi connectivity index (χ0) is 18.4. The van der Waals surface area contributed by atoms with E-state index in [2.05, 4.69) is 21.2 Å². The van der Waals surface area contributed by atoms with Crippen LogP contribution in [0, 0.1) is 0 Å². The number of amides is 2. The van der Waals surface area contributed by atoms with Gasteiger partial charge in [0.05, 0.1) is 13.0 Å². The van der Waals surface area contributed by atoms with Crippen molar-refractivity contribution in [2.75, 3.05) is 19.7 Å². The lowest BCUT2D eigenvalue weighted by Crippen LogP contribution is -2.46. The topological polar surface area (TPSA) is 71.8 Å². The molecule has 0 saturated carbocycles. The van der Waals surface area contributed by atoms with E-state index in [0.717, 1.165) is 18.6 Å². The van der Waals surface area contributed by atoms with E-state index < -0.39 is 0 Å². The van der Waals surface area contributed by atoms with Crippen LogP contribution in [-0.2, 0) is 4.79 Å². The number of hydrogen-bond donors (Lipinski definition) is 1. The Morgan fingerprint density at radius 2 is 1.88 bits per heavy atom. The van der Waals surface area contributed by atoms with Gasteiger partial charge in [0, 0.05) is 19.1 Å². The van der Waals surface area contributed by atoms with Gasteiger partial charge in [0.2, 0.25) is 5.91 Å². The summed E-state index contributed by atoms with van der Waals surface area (Å²) in [5, 5.41) is 2.96. The molecule has 6 nitrogen and oxygen atoms in total. The number of para-hydroxylation sites is 1. The summed E-state index contributed by atoms with van der Waals surface area (Å²) in [6.07, 6.45) is 1.82. The van der Waals surface area contributed by atoms with Crippen LogP contribution in [0.5, 0.6) is 5.75 Å². The molecule has 1 aliphatic heterocycles. The standard InChI is InChI=1S/C19H21BrN2O4/c20-17-7-6-16(26-17)19(24)21-14-8-11-22(12-9-14)18(23)10-13-25-15-4-2-1-3-5-15/h1-7,14H,8-13H2,(H,21,24). The quantitative estimate of drug-likeness (QED) is 0.778. The predicted molar refractivity (Wildman–Crippen MR) is 100 cm³/mol. The molecule has 1 aliphatic rings. The third-order valence-corrected chi connectivity index (χ3v) is 4.73. The molecule has 2 heterocycles. The molecule has 3 rings (SSSR count). The van der Waals surface area contributed by atoms with Crippen LogP contribution in [0.3, 0.4) is 0 Å². The van der Waals surface area contributed by atoms with Crippen LogP contribution in [0.4, 0.5) is 0 Å². The molecule has 7 heteroatoms. The molecule has 0 bridgehead atoms. The second kappa shape index (κ2) is 8.89. The number of nitrogens with one attached hydrogen (secondary N) is 1. The summed E-state index contributed by atoms with van der Waals surface area (Å²) in [5.74, 6) is 0.914. The van der Waals surface area contributed by atoms with E-state index in [1.807, 2.05) is 35.2 Å². The molecule has 0 atom stereocenters. The van der Waals surface area contributed by atoms with E-state index in [-0.39, 0.29) is 23.6 Å². The summed E-state index contributed by atoms with van der Waals surface area (Å²) in [4.78, 5) is 26.2. The van der Waals surface area contributed by atoms with Gasteiger partial charge in [-0.1, -0.05) is 18.2 Å². The first-order chi connectivity index (χ1) is 12.6. The highest BCUT2D eigenvalue weighted by atomic mass is 79.9. The number of rotatable bonds is 6. The Labute approximate surface area is 160 Å². The number of furan rings is 1. The number of benzene rings is 1. The fourth-order valence-corrected chi connectivity index (χ4v) is 3.20. The molecule has 0 unspecified atom stereocenters. The molecule has 1 aromatic heterocycles. The van der Waals surface area contributed by atoms with Crippen molar-refractivity contribution >= 4 is 27.7 Å². The molecule has 138 valence electrons. The minimum absolute atomic E-state index is 0.0518. The van der Waals surface area contributed by atoms with Gasteiger partial charge in [0.1, 0.15) is 5.75 Å². The van der Waals surface area contributed by atoms with Crippen LogP contribution < -0.4 is 10.1 Å². The number of piperidine rings is 1. The molecule has 1 aromatic carbocycles. The molecule has 26 heavy (non-hydrogen) atoms. The molecule has 1 N–H and O–H groups in total. The Balaban J connectivity index is 1.37. The third kappa shape index (κ3) is 5.11. The first kappa shape index (κ1) is 18.5. The molecule has 1 saturated heterocycles. The summed E-state index contributed by atoms with van der Waals surface area (Å²) in [7, 11) is 0. The lowest BCUT2D eigenvalue weighted by atomic mass is 10.0. The number of likely N-dealkylation sites (tertiary alicyclic amines) is 1. The van der Waals surface area contributed by atoms with Gasteiger partial charge in [-0.25, -0.2) is 0 Å². The van der Waals surface area contributed by atoms with E-state index in [9.17, 15) is 9.59 Å². The highest BCUT2D eigenvalue weighted by Gasteiger charge is 2.24. The zero-order valence-corrected chi connectivity index (χ0v) is 15.9. The Morgan fingerprint density at radius 3 is 2.54 bits per heavy atom. The Kier molecular flexibility index (Phi) is 6.33. The average molecular weight is 421 g/mol. The normalized spacial score (nSPS) is 14.9. The maximum atomic E-state index is 12.3. The van der Waals surface area contributed by atoms with Crippen molar-refractivity contribution in [3.63, 3.8) is 0 Å². The Hall–Kier alpha value is -2.28. The first-order valence-electron chi connectivity index (χ1n) is 8.63. The fourth-order valence-electron chi connectivity index (χ4n) is 2.90. The number of hydrogen-bond acceptors (Lipinski definition) is 4. The lowest BCUT2D eigenvalue weighted by molar-refractivity contribution is -0.132. The van der Waals surface area contributed by atoms with Crippen LogP contribution in [-0.4, -0.2) is 42.5 Å². The Bertz CT molecular complexity index is 739. The van der Waals surface area contributed by atoms with Gasteiger partial charge >= 0.3 is 0 Å². The molecular formula is C19H21BrN2O4. The molecule has 2 aromatic rings. The first-order valence-corrected chi connectivity index (χ1v) is 9.43. The predicted octanol–water partition coefficient (Wildman–Crippen LogP) is 3.23. The van der Waals surface area contributed by atoms with Gasteiger partial charge in [-0.05, 0) is 53.0 Å².